The van der Waals surface area contributed by atoms with E-state index in [0.717, 1.165) is 22.0 Å². The zero-order chi connectivity index (χ0) is 20.9. The molecule has 0 aliphatic carbocycles. The molecular formula is C24H20N2O4. The molecule has 0 spiro atoms. The van der Waals surface area contributed by atoms with E-state index in [0.29, 0.717) is 6.42 Å². The van der Waals surface area contributed by atoms with Crippen molar-refractivity contribution in [1.82, 2.24) is 9.78 Å². The molecule has 0 aliphatic heterocycles. The zero-order valence-corrected chi connectivity index (χ0v) is 16.4. The Morgan fingerprint density at radius 2 is 1.67 bits per heavy atom. The molecule has 0 saturated carbocycles. The lowest BCUT2D eigenvalue weighted by Gasteiger charge is -2.10. The summed E-state index contributed by atoms with van der Waals surface area (Å²) < 4.78 is 12.1. The Hall–Kier alpha value is -3.93. The lowest BCUT2D eigenvalue weighted by molar-refractivity contribution is -0.134. The van der Waals surface area contributed by atoms with Gasteiger partial charge in [-0.1, -0.05) is 42.5 Å². The Morgan fingerprint density at radius 3 is 2.40 bits per heavy atom. The highest BCUT2D eigenvalue weighted by molar-refractivity contribution is 5.99. The minimum atomic E-state index is -0.548. The molecule has 1 heterocycles. The van der Waals surface area contributed by atoms with E-state index >= 15 is 0 Å². The number of esters is 2. The Kier molecular flexibility index (Phi) is 5.57. The van der Waals surface area contributed by atoms with Gasteiger partial charge in [0.25, 0.3) is 0 Å². The summed E-state index contributed by atoms with van der Waals surface area (Å²) in [6, 6.07) is 20.6. The van der Waals surface area contributed by atoms with Crippen molar-refractivity contribution in [3.63, 3.8) is 0 Å². The third-order valence-electron chi connectivity index (χ3n) is 4.75. The summed E-state index contributed by atoms with van der Waals surface area (Å²) in [5, 5.41) is 6.07. The first-order valence-corrected chi connectivity index (χ1v) is 9.55. The second kappa shape index (κ2) is 8.61. The van der Waals surface area contributed by atoms with Crippen LogP contribution in [0.5, 0.6) is 5.75 Å². The maximum Gasteiger partial charge on any atom is 0.341 e. The van der Waals surface area contributed by atoms with E-state index in [-0.39, 0.29) is 17.7 Å². The third kappa shape index (κ3) is 4.22. The molecule has 6 heteroatoms. The summed E-state index contributed by atoms with van der Waals surface area (Å²) in [5.74, 6) is -0.777. The average Bonchev–Trinajstić information content (AvgIpc) is 3.26. The van der Waals surface area contributed by atoms with E-state index in [1.54, 1.807) is 23.0 Å². The highest BCUT2D eigenvalue weighted by Gasteiger charge is 2.17. The summed E-state index contributed by atoms with van der Waals surface area (Å²) >= 11 is 0. The molecule has 0 fully saturated rings. The number of rotatable bonds is 6. The SMILES string of the molecule is COC(=O)c1cc2ccccc2cc1OC(=O)CCc1cnn(-c2ccccc2)c1. The Balaban J connectivity index is 1.47. The molecule has 0 unspecified atom stereocenters. The third-order valence-corrected chi connectivity index (χ3v) is 4.75. The molecule has 3 aromatic carbocycles. The number of aromatic nitrogens is 2. The first-order valence-electron chi connectivity index (χ1n) is 9.55. The van der Waals surface area contributed by atoms with E-state index in [2.05, 4.69) is 5.10 Å². The maximum absolute atomic E-state index is 12.5. The molecule has 4 aromatic rings. The minimum absolute atomic E-state index is 0.161. The average molecular weight is 400 g/mol. The number of methoxy groups -OCH3 is 1. The van der Waals surface area contributed by atoms with Crippen molar-refractivity contribution in [2.45, 2.75) is 12.8 Å². The lowest BCUT2D eigenvalue weighted by atomic mass is 10.1. The first-order chi connectivity index (χ1) is 14.6. The fourth-order valence-corrected chi connectivity index (χ4v) is 3.20. The van der Waals surface area contributed by atoms with Crippen LogP contribution in [-0.2, 0) is 16.0 Å². The van der Waals surface area contributed by atoms with Crippen molar-refractivity contribution in [1.29, 1.82) is 0 Å². The molecule has 0 N–H and O–H groups in total. The molecule has 4 rings (SSSR count). The van der Waals surface area contributed by atoms with Gasteiger partial charge < -0.3 is 9.47 Å². The van der Waals surface area contributed by atoms with Gasteiger partial charge in [-0.25, -0.2) is 9.48 Å². The van der Waals surface area contributed by atoms with Gasteiger partial charge in [-0.15, -0.1) is 0 Å². The second-order valence-electron chi connectivity index (χ2n) is 6.79. The largest absolute Gasteiger partial charge is 0.465 e. The van der Waals surface area contributed by atoms with Crippen molar-refractivity contribution in [3.8, 4) is 11.4 Å². The van der Waals surface area contributed by atoms with E-state index in [1.165, 1.54) is 7.11 Å². The van der Waals surface area contributed by atoms with Gasteiger partial charge in [0.15, 0.2) is 0 Å². The van der Waals surface area contributed by atoms with Gasteiger partial charge in [-0.05, 0) is 47.0 Å². The van der Waals surface area contributed by atoms with Crippen molar-refractivity contribution in [2.24, 2.45) is 0 Å². The first kappa shape index (κ1) is 19.4. The van der Waals surface area contributed by atoms with Crippen LogP contribution in [0.3, 0.4) is 0 Å². The number of nitrogens with zero attached hydrogens (tertiary/aromatic N) is 2. The number of fused-ring (bicyclic) bond motifs is 1. The number of benzene rings is 3. The predicted octanol–water partition coefficient (Wildman–Crippen LogP) is 4.35. The Labute approximate surface area is 173 Å². The van der Waals surface area contributed by atoms with Crippen molar-refractivity contribution in [2.75, 3.05) is 7.11 Å². The monoisotopic (exact) mass is 400 g/mol. The van der Waals surface area contributed by atoms with Crippen molar-refractivity contribution >= 4 is 22.7 Å². The van der Waals surface area contributed by atoms with Gasteiger partial charge in [-0.3, -0.25) is 4.79 Å². The smallest absolute Gasteiger partial charge is 0.341 e. The molecule has 0 bridgehead atoms. The second-order valence-corrected chi connectivity index (χ2v) is 6.79. The molecule has 0 saturated heterocycles. The molecule has 1 aromatic heterocycles. The van der Waals surface area contributed by atoms with Crippen LogP contribution in [0.4, 0.5) is 0 Å². The van der Waals surface area contributed by atoms with E-state index in [4.69, 9.17) is 9.47 Å². The maximum atomic E-state index is 12.5. The van der Waals surface area contributed by atoms with Crippen LogP contribution in [0.1, 0.15) is 22.3 Å². The Bertz CT molecular complexity index is 1200. The van der Waals surface area contributed by atoms with Gasteiger partial charge in [0.05, 0.1) is 25.4 Å². The highest BCUT2D eigenvalue weighted by Crippen LogP contribution is 2.27. The van der Waals surface area contributed by atoms with E-state index in [1.807, 2.05) is 60.8 Å². The number of hydrogen-bond acceptors (Lipinski definition) is 5. The molecule has 150 valence electrons. The number of ether oxygens (including phenoxy) is 2. The minimum Gasteiger partial charge on any atom is -0.465 e. The van der Waals surface area contributed by atoms with Crippen molar-refractivity contribution in [3.05, 3.63) is 90.3 Å². The van der Waals surface area contributed by atoms with Crippen LogP contribution in [-0.4, -0.2) is 28.8 Å². The number of carbonyl (C=O) groups is 2. The van der Waals surface area contributed by atoms with Crippen LogP contribution < -0.4 is 4.74 Å². The molecule has 30 heavy (non-hydrogen) atoms. The molecular weight excluding hydrogens is 380 g/mol. The van der Waals surface area contributed by atoms with Crippen LogP contribution >= 0.6 is 0 Å². The number of aryl methyl sites for hydroxylation is 1. The van der Waals surface area contributed by atoms with Crippen LogP contribution in [0.15, 0.2) is 79.1 Å². The van der Waals surface area contributed by atoms with Gasteiger partial charge >= 0.3 is 11.9 Å². The molecule has 0 radical (unpaired) electrons. The quantitative estimate of drug-likeness (QED) is 0.355. The zero-order valence-electron chi connectivity index (χ0n) is 16.4. The highest BCUT2D eigenvalue weighted by atomic mass is 16.5. The van der Waals surface area contributed by atoms with Gasteiger partial charge in [0.1, 0.15) is 11.3 Å². The fourth-order valence-electron chi connectivity index (χ4n) is 3.20. The van der Waals surface area contributed by atoms with Gasteiger partial charge in [0.2, 0.25) is 0 Å². The fraction of sp³-hybridized carbons (Fsp3) is 0.125. The molecule has 0 atom stereocenters. The topological polar surface area (TPSA) is 70.4 Å². The number of hydrogen-bond donors (Lipinski definition) is 0. The van der Waals surface area contributed by atoms with Crippen LogP contribution in [0.25, 0.3) is 16.5 Å². The summed E-state index contributed by atoms with van der Waals surface area (Å²) in [6.07, 6.45) is 4.26. The lowest BCUT2D eigenvalue weighted by Crippen LogP contribution is -2.12. The number of para-hydroxylation sites is 1. The molecule has 0 aliphatic rings. The van der Waals surface area contributed by atoms with E-state index in [9.17, 15) is 9.59 Å². The van der Waals surface area contributed by atoms with Crippen molar-refractivity contribution < 1.29 is 19.1 Å². The molecule has 0 amide bonds. The number of carbonyl (C=O) groups excluding carboxylic acids is 2. The summed E-state index contributed by atoms with van der Waals surface area (Å²) in [4.78, 5) is 24.6. The normalized spacial score (nSPS) is 10.7. The van der Waals surface area contributed by atoms with Gasteiger partial charge in [-0.2, -0.15) is 5.10 Å². The summed E-state index contributed by atoms with van der Waals surface area (Å²) in [5.41, 5.74) is 2.09. The van der Waals surface area contributed by atoms with Crippen LogP contribution in [0.2, 0.25) is 0 Å². The Morgan fingerprint density at radius 1 is 0.967 bits per heavy atom. The standard InChI is InChI=1S/C24H20N2O4/c1-29-24(28)21-13-18-7-5-6-8-19(18)14-22(21)30-23(27)12-11-17-15-25-26(16-17)20-9-3-2-4-10-20/h2-10,13-16H,11-12H2,1H3. The summed E-state index contributed by atoms with van der Waals surface area (Å²) in [6.45, 7) is 0. The predicted molar refractivity (Wildman–Crippen MR) is 113 cm³/mol. The molecule has 6 nitrogen and oxygen atoms in total. The summed E-state index contributed by atoms with van der Waals surface area (Å²) in [7, 11) is 1.30. The van der Waals surface area contributed by atoms with Crippen LogP contribution in [0, 0.1) is 0 Å². The van der Waals surface area contributed by atoms with Gasteiger partial charge in [0, 0.05) is 6.20 Å². The van der Waals surface area contributed by atoms with E-state index < -0.39 is 11.9 Å².